The maximum Gasteiger partial charge on any atom is 0.153 e. The molecule has 0 heterocycles. The third kappa shape index (κ3) is 2.60. The average Bonchev–Trinajstić information content (AvgIpc) is 2.16. The molecule has 2 nitrogen and oxygen atoms in total. The summed E-state index contributed by atoms with van der Waals surface area (Å²) in [5.41, 5.74) is 0.453. The summed E-state index contributed by atoms with van der Waals surface area (Å²) >= 11 is 5.70. The van der Waals surface area contributed by atoms with Crippen molar-refractivity contribution < 1.29 is 9.53 Å². The maximum absolute atomic E-state index is 10.6. The van der Waals surface area contributed by atoms with Crippen LogP contribution < -0.4 is 4.74 Å². The molecule has 0 saturated carbocycles. The minimum atomic E-state index is 0.377. The lowest BCUT2D eigenvalue weighted by Gasteiger charge is -2.05. The number of halogens is 1. The van der Waals surface area contributed by atoms with Crippen LogP contribution >= 0.6 is 11.6 Å². The largest absolute Gasteiger partial charge is 0.489 e. The van der Waals surface area contributed by atoms with Crippen molar-refractivity contribution in [1.29, 1.82) is 0 Å². The highest BCUT2D eigenvalue weighted by Crippen LogP contribution is 2.21. The number of ether oxygens (including phenoxy) is 1. The molecule has 1 aromatic carbocycles. The van der Waals surface area contributed by atoms with E-state index in [9.17, 15) is 4.79 Å². The van der Waals surface area contributed by atoms with Gasteiger partial charge >= 0.3 is 0 Å². The van der Waals surface area contributed by atoms with Crippen LogP contribution in [0.1, 0.15) is 10.4 Å². The summed E-state index contributed by atoms with van der Waals surface area (Å²) in [6, 6.07) is 4.90. The smallest absolute Gasteiger partial charge is 0.153 e. The number of rotatable bonds is 4. The first kappa shape index (κ1) is 9.81. The Balaban J connectivity index is 2.91. The van der Waals surface area contributed by atoms with E-state index in [-0.39, 0.29) is 0 Å². The number of carbonyl (C=O) groups excluding carboxylic acids is 1. The lowest BCUT2D eigenvalue weighted by Crippen LogP contribution is -1.96. The van der Waals surface area contributed by atoms with Gasteiger partial charge in [0.2, 0.25) is 0 Å². The summed E-state index contributed by atoms with van der Waals surface area (Å²) in [5.74, 6) is 0.527. The van der Waals surface area contributed by atoms with Crippen molar-refractivity contribution in [3.63, 3.8) is 0 Å². The van der Waals surface area contributed by atoms with E-state index < -0.39 is 0 Å². The molecule has 3 heteroatoms. The molecule has 1 rings (SSSR count). The van der Waals surface area contributed by atoms with Crippen molar-refractivity contribution in [3.8, 4) is 5.75 Å². The van der Waals surface area contributed by atoms with E-state index in [1.165, 1.54) is 0 Å². The predicted octanol–water partition coefficient (Wildman–Crippen LogP) is 2.72. The van der Waals surface area contributed by atoms with Gasteiger partial charge in [0.25, 0.3) is 0 Å². The van der Waals surface area contributed by atoms with Crippen molar-refractivity contribution in [1.82, 2.24) is 0 Å². The van der Waals surface area contributed by atoms with Gasteiger partial charge in [0, 0.05) is 5.02 Å². The second kappa shape index (κ2) is 4.67. The quantitative estimate of drug-likeness (QED) is 0.547. The first-order valence-electron chi connectivity index (χ1n) is 3.76. The van der Waals surface area contributed by atoms with Gasteiger partial charge in [-0.1, -0.05) is 24.3 Å². The second-order valence-corrected chi connectivity index (χ2v) is 2.84. The molecule has 0 bridgehead atoms. The van der Waals surface area contributed by atoms with Crippen LogP contribution in [0.4, 0.5) is 0 Å². The highest BCUT2D eigenvalue weighted by Gasteiger charge is 2.02. The van der Waals surface area contributed by atoms with Crippen molar-refractivity contribution in [2.75, 3.05) is 6.61 Å². The molecule has 0 spiro atoms. The number of benzene rings is 1. The fourth-order valence-corrected chi connectivity index (χ4v) is 1.07. The Morgan fingerprint density at radius 2 is 2.31 bits per heavy atom. The zero-order chi connectivity index (χ0) is 9.68. The summed E-state index contributed by atoms with van der Waals surface area (Å²) in [7, 11) is 0. The van der Waals surface area contributed by atoms with E-state index in [2.05, 4.69) is 6.58 Å². The molecule has 0 fully saturated rings. The van der Waals surface area contributed by atoms with Gasteiger partial charge in [0.05, 0.1) is 5.56 Å². The van der Waals surface area contributed by atoms with Gasteiger partial charge in [0.1, 0.15) is 12.4 Å². The normalized spacial score (nSPS) is 9.31. The lowest BCUT2D eigenvalue weighted by atomic mass is 10.2. The summed E-state index contributed by atoms with van der Waals surface area (Å²) in [6.07, 6.45) is 2.33. The van der Waals surface area contributed by atoms with Gasteiger partial charge < -0.3 is 4.74 Å². The SMILES string of the molecule is C=CCOc1ccc(Cl)cc1C=O. The summed E-state index contributed by atoms with van der Waals surface area (Å²) in [5, 5.41) is 0.521. The molecule has 0 unspecified atom stereocenters. The molecule has 0 N–H and O–H groups in total. The minimum Gasteiger partial charge on any atom is -0.489 e. The van der Waals surface area contributed by atoms with E-state index in [4.69, 9.17) is 16.3 Å². The van der Waals surface area contributed by atoms with Crippen LogP contribution in [0, 0.1) is 0 Å². The van der Waals surface area contributed by atoms with Crippen molar-refractivity contribution >= 4 is 17.9 Å². The fourth-order valence-electron chi connectivity index (χ4n) is 0.892. The van der Waals surface area contributed by atoms with Crippen LogP contribution in [0.3, 0.4) is 0 Å². The standard InChI is InChI=1S/C10H9ClO2/c1-2-5-13-10-4-3-9(11)6-8(10)7-12/h2-4,6-7H,1,5H2. The number of hydrogen-bond donors (Lipinski definition) is 0. The van der Waals surface area contributed by atoms with E-state index in [0.29, 0.717) is 29.2 Å². The zero-order valence-electron chi connectivity index (χ0n) is 7.00. The van der Waals surface area contributed by atoms with Crippen molar-refractivity contribution in [3.05, 3.63) is 41.4 Å². The van der Waals surface area contributed by atoms with Gasteiger partial charge in [-0.25, -0.2) is 0 Å². The van der Waals surface area contributed by atoms with Gasteiger partial charge in [-0.3, -0.25) is 4.79 Å². The molecule has 0 aromatic heterocycles. The third-order valence-electron chi connectivity index (χ3n) is 1.46. The van der Waals surface area contributed by atoms with Gasteiger partial charge in [-0.15, -0.1) is 0 Å². The molecule has 68 valence electrons. The molecular weight excluding hydrogens is 188 g/mol. The minimum absolute atomic E-state index is 0.377. The molecule has 0 aliphatic heterocycles. The third-order valence-corrected chi connectivity index (χ3v) is 1.69. The molecule has 0 amide bonds. The number of carbonyl (C=O) groups is 1. The Morgan fingerprint density at radius 1 is 1.54 bits per heavy atom. The molecular formula is C10H9ClO2. The van der Waals surface area contributed by atoms with Gasteiger partial charge in [-0.05, 0) is 18.2 Å². The van der Waals surface area contributed by atoms with Crippen molar-refractivity contribution in [2.24, 2.45) is 0 Å². The van der Waals surface area contributed by atoms with Crippen molar-refractivity contribution in [2.45, 2.75) is 0 Å². The summed E-state index contributed by atoms with van der Waals surface area (Å²) < 4.78 is 5.22. The molecule has 0 aliphatic carbocycles. The second-order valence-electron chi connectivity index (χ2n) is 2.40. The summed E-state index contributed by atoms with van der Waals surface area (Å²) in [4.78, 5) is 10.6. The molecule has 0 atom stereocenters. The lowest BCUT2D eigenvalue weighted by molar-refractivity contribution is 0.112. The highest BCUT2D eigenvalue weighted by molar-refractivity contribution is 6.30. The number of aldehydes is 1. The van der Waals surface area contributed by atoms with Crippen LogP contribution in [0.25, 0.3) is 0 Å². The van der Waals surface area contributed by atoms with E-state index >= 15 is 0 Å². The van der Waals surface area contributed by atoms with Gasteiger partial charge in [-0.2, -0.15) is 0 Å². The van der Waals surface area contributed by atoms with E-state index in [0.717, 1.165) is 0 Å². The number of hydrogen-bond acceptors (Lipinski definition) is 2. The Morgan fingerprint density at radius 3 is 2.92 bits per heavy atom. The Kier molecular flexibility index (Phi) is 3.53. The van der Waals surface area contributed by atoms with E-state index in [1.54, 1.807) is 24.3 Å². The summed E-state index contributed by atoms with van der Waals surface area (Å²) in [6.45, 7) is 3.89. The first-order valence-corrected chi connectivity index (χ1v) is 4.14. The Bertz CT molecular complexity index is 321. The highest BCUT2D eigenvalue weighted by atomic mass is 35.5. The van der Waals surface area contributed by atoms with Crippen LogP contribution in [-0.2, 0) is 0 Å². The molecule has 13 heavy (non-hydrogen) atoms. The maximum atomic E-state index is 10.6. The molecule has 1 aromatic rings. The molecule has 0 aliphatic rings. The van der Waals surface area contributed by atoms with Crippen LogP contribution in [0.15, 0.2) is 30.9 Å². The fraction of sp³-hybridized carbons (Fsp3) is 0.100. The Hall–Kier alpha value is -1.28. The average molecular weight is 197 g/mol. The first-order chi connectivity index (χ1) is 6.27. The van der Waals surface area contributed by atoms with Crippen LogP contribution in [0.2, 0.25) is 5.02 Å². The van der Waals surface area contributed by atoms with Crippen LogP contribution in [0.5, 0.6) is 5.75 Å². The Labute approximate surface area is 81.8 Å². The molecule has 0 saturated heterocycles. The molecule has 0 radical (unpaired) electrons. The monoisotopic (exact) mass is 196 g/mol. The zero-order valence-corrected chi connectivity index (χ0v) is 7.75. The predicted molar refractivity (Wildman–Crippen MR) is 52.5 cm³/mol. The topological polar surface area (TPSA) is 26.3 Å². The van der Waals surface area contributed by atoms with E-state index in [1.807, 2.05) is 0 Å². The van der Waals surface area contributed by atoms with Crippen LogP contribution in [-0.4, -0.2) is 12.9 Å². The van der Waals surface area contributed by atoms with Gasteiger partial charge in [0.15, 0.2) is 6.29 Å².